The van der Waals surface area contributed by atoms with Crippen molar-refractivity contribution >= 4 is 17.3 Å². The maximum absolute atomic E-state index is 13.9. The van der Waals surface area contributed by atoms with E-state index in [9.17, 15) is 9.18 Å². The van der Waals surface area contributed by atoms with Crippen molar-refractivity contribution in [1.29, 1.82) is 0 Å². The van der Waals surface area contributed by atoms with Gasteiger partial charge in [0.15, 0.2) is 0 Å². The van der Waals surface area contributed by atoms with E-state index in [1.807, 2.05) is 0 Å². The fraction of sp³-hybridized carbons (Fsp3) is 0.333. The first kappa shape index (κ1) is 11.6. The Kier molecular flexibility index (Phi) is 2.61. The molecule has 1 amide bonds. The Balaban J connectivity index is 2.74. The molecule has 1 N–H and O–H groups in total. The second kappa shape index (κ2) is 3.84. The van der Waals surface area contributed by atoms with Gasteiger partial charge in [0.25, 0.3) is 0 Å². The maximum atomic E-state index is 13.9. The topological polar surface area (TPSA) is 46.9 Å². The highest BCUT2D eigenvalue weighted by Crippen LogP contribution is 2.28. The summed E-state index contributed by atoms with van der Waals surface area (Å²) in [5.41, 5.74) is 0.532. The van der Waals surface area contributed by atoms with Gasteiger partial charge in [0.05, 0.1) is 22.1 Å². The monoisotopic (exact) mass is 235 g/mol. The van der Waals surface area contributed by atoms with Crippen molar-refractivity contribution in [2.24, 2.45) is 7.05 Å². The Hall–Kier alpha value is -1.91. The Bertz CT molecular complexity index is 574. The zero-order valence-electron chi connectivity index (χ0n) is 9.99. The first-order valence-electron chi connectivity index (χ1n) is 5.30. The zero-order valence-corrected chi connectivity index (χ0v) is 9.99. The SMILES string of the molecule is Cn1nc(C(C)(C)NC=O)c2c(F)cccc21. The number of carbonyl (C=O) groups is 1. The first-order chi connectivity index (χ1) is 7.97. The molecule has 4 nitrogen and oxygen atoms in total. The highest BCUT2D eigenvalue weighted by Gasteiger charge is 2.27. The minimum absolute atomic E-state index is 0.327. The van der Waals surface area contributed by atoms with E-state index >= 15 is 0 Å². The molecule has 17 heavy (non-hydrogen) atoms. The molecule has 0 bridgehead atoms. The standard InChI is InChI=1S/C12H14FN3O/c1-12(2,14-7-17)11-10-8(13)5-4-6-9(10)16(3)15-11/h4-7H,1-3H3,(H,14,17). The van der Waals surface area contributed by atoms with Crippen LogP contribution in [0.3, 0.4) is 0 Å². The van der Waals surface area contributed by atoms with Gasteiger partial charge in [-0.3, -0.25) is 9.48 Å². The van der Waals surface area contributed by atoms with Crippen LogP contribution >= 0.6 is 0 Å². The number of fused-ring (bicyclic) bond motifs is 1. The van der Waals surface area contributed by atoms with E-state index in [1.54, 1.807) is 37.7 Å². The number of hydrogen-bond donors (Lipinski definition) is 1. The average molecular weight is 235 g/mol. The van der Waals surface area contributed by atoms with Crippen molar-refractivity contribution in [2.75, 3.05) is 0 Å². The number of carbonyl (C=O) groups excluding carboxylic acids is 1. The Morgan fingerprint density at radius 1 is 1.47 bits per heavy atom. The van der Waals surface area contributed by atoms with E-state index in [2.05, 4.69) is 10.4 Å². The van der Waals surface area contributed by atoms with Crippen molar-refractivity contribution in [2.45, 2.75) is 19.4 Å². The second-order valence-corrected chi connectivity index (χ2v) is 4.49. The molecule has 2 aromatic rings. The summed E-state index contributed by atoms with van der Waals surface area (Å²) < 4.78 is 15.5. The van der Waals surface area contributed by atoms with E-state index in [4.69, 9.17) is 0 Å². The Labute approximate surface area is 98.4 Å². The smallest absolute Gasteiger partial charge is 0.207 e. The van der Waals surface area contributed by atoms with Gasteiger partial charge in [-0.25, -0.2) is 4.39 Å². The van der Waals surface area contributed by atoms with E-state index < -0.39 is 5.54 Å². The fourth-order valence-corrected chi connectivity index (χ4v) is 1.92. The molecule has 0 saturated carbocycles. The van der Waals surface area contributed by atoms with Gasteiger partial charge in [0.2, 0.25) is 6.41 Å². The molecule has 0 spiro atoms. The number of rotatable bonds is 3. The van der Waals surface area contributed by atoms with Gasteiger partial charge >= 0.3 is 0 Å². The molecular formula is C12H14FN3O. The van der Waals surface area contributed by atoms with Crippen LogP contribution in [0.15, 0.2) is 18.2 Å². The van der Waals surface area contributed by atoms with Crippen LogP contribution in [0.4, 0.5) is 4.39 Å². The van der Waals surface area contributed by atoms with Gasteiger partial charge in [-0.2, -0.15) is 5.10 Å². The number of benzene rings is 1. The Morgan fingerprint density at radius 2 is 2.18 bits per heavy atom. The number of halogens is 1. The van der Waals surface area contributed by atoms with Gasteiger partial charge in [0.1, 0.15) is 5.82 Å². The predicted molar refractivity (Wildman–Crippen MR) is 62.9 cm³/mol. The maximum Gasteiger partial charge on any atom is 0.207 e. The molecule has 0 radical (unpaired) electrons. The molecule has 0 aliphatic heterocycles. The molecule has 0 atom stereocenters. The van der Waals surface area contributed by atoms with Crippen LogP contribution in [0.25, 0.3) is 10.9 Å². The molecule has 5 heteroatoms. The van der Waals surface area contributed by atoms with Crippen molar-refractivity contribution in [3.63, 3.8) is 0 Å². The summed E-state index contributed by atoms with van der Waals surface area (Å²) in [4.78, 5) is 10.6. The van der Waals surface area contributed by atoms with Crippen molar-refractivity contribution in [1.82, 2.24) is 15.1 Å². The van der Waals surface area contributed by atoms with E-state index in [-0.39, 0.29) is 5.82 Å². The lowest BCUT2D eigenvalue weighted by Gasteiger charge is -2.21. The van der Waals surface area contributed by atoms with Crippen molar-refractivity contribution in [3.8, 4) is 0 Å². The van der Waals surface area contributed by atoms with E-state index in [1.165, 1.54) is 6.07 Å². The number of aromatic nitrogens is 2. The summed E-state index contributed by atoms with van der Waals surface area (Å²) in [6.07, 6.45) is 0.599. The van der Waals surface area contributed by atoms with Gasteiger partial charge in [-0.15, -0.1) is 0 Å². The highest BCUT2D eigenvalue weighted by atomic mass is 19.1. The third-order valence-corrected chi connectivity index (χ3v) is 2.84. The fourth-order valence-electron chi connectivity index (χ4n) is 1.92. The zero-order chi connectivity index (χ0) is 12.6. The van der Waals surface area contributed by atoms with Crippen LogP contribution in [-0.2, 0) is 17.4 Å². The van der Waals surface area contributed by atoms with Crippen LogP contribution in [-0.4, -0.2) is 16.2 Å². The minimum Gasteiger partial charge on any atom is -0.348 e. The summed E-state index contributed by atoms with van der Waals surface area (Å²) in [5, 5.41) is 7.40. The number of amides is 1. The van der Waals surface area contributed by atoms with Gasteiger partial charge in [-0.1, -0.05) is 6.07 Å². The predicted octanol–water partition coefficient (Wildman–Crippen LogP) is 1.69. The molecule has 90 valence electrons. The van der Waals surface area contributed by atoms with Gasteiger partial charge < -0.3 is 5.32 Å². The molecule has 2 rings (SSSR count). The molecule has 1 heterocycles. The normalized spacial score (nSPS) is 11.8. The molecule has 1 aromatic heterocycles. The summed E-state index contributed by atoms with van der Waals surface area (Å²) in [5.74, 6) is -0.327. The molecule has 0 unspecified atom stereocenters. The second-order valence-electron chi connectivity index (χ2n) is 4.49. The number of nitrogens with one attached hydrogen (secondary N) is 1. The lowest BCUT2D eigenvalue weighted by Crippen LogP contribution is -2.36. The van der Waals surface area contributed by atoms with Crippen molar-refractivity contribution < 1.29 is 9.18 Å². The third-order valence-electron chi connectivity index (χ3n) is 2.84. The van der Waals surface area contributed by atoms with Crippen molar-refractivity contribution in [3.05, 3.63) is 29.7 Å². The van der Waals surface area contributed by atoms with Crippen LogP contribution in [0.2, 0.25) is 0 Å². The molecule has 1 aromatic carbocycles. The minimum atomic E-state index is -0.705. The number of hydrogen-bond acceptors (Lipinski definition) is 2. The van der Waals surface area contributed by atoms with Crippen LogP contribution in [0.5, 0.6) is 0 Å². The Morgan fingerprint density at radius 3 is 2.82 bits per heavy atom. The van der Waals surface area contributed by atoms with Gasteiger partial charge in [-0.05, 0) is 26.0 Å². The van der Waals surface area contributed by atoms with Gasteiger partial charge in [0, 0.05) is 7.05 Å². The summed E-state index contributed by atoms with van der Waals surface area (Å²) in [6, 6.07) is 4.83. The summed E-state index contributed by atoms with van der Waals surface area (Å²) in [6.45, 7) is 3.57. The largest absolute Gasteiger partial charge is 0.348 e. The molecule has 0 saturated heterocycles. The van der Waals surface area contributed by atoms with Crippen LogP contribution in [0.1, 0.15) is 19.5 Å². The number of nitrogens with zero attached hydrogens (tertiary/aromatic N) is 2. The third kappa shape index (κ3) is 1.77. The average Bonchev–Trinajstić information content (AvgIpc) is 2.59. The number of aryl methyl sites for hydroxylation is 1. The van der Waals surface area contributed by atoms with E-state index in [0.29, 0.717) is 23.0 Å². The highest BCUT2D eigenvalue weighted by molar-refractivity contribution is 5.83. The quantitative estimate of drug-likeness (QED) is 0.823. The molecule has 0 aliphatic carbocycles. The van der Waals surface area contributed by atoms with E-state index in [0.717, 1.165) is 0 Å². The van der Waals surface area contributed by atoms with Crippen LogP contribution < -0.4 is 5.32 Å². The lowest BCUT2D eigenvalue weighted by molar-refractivity contribution is -0.111. The summed E-state index contributed by atoms with van der Waals surface area (Å²) in [7, 11) is 1.75. The first-order valence-corrected chi connectivity index (χ1v) is 5.30. The molecular weight excluding hydrogens is 221 g/mol. The molecule has 0 aliphatic rings. The summed E-state index contributed by atoms with van der Waals surface area (Å²) >= 11 is 0. The lowest BCUT2D eigenvalue weighted by atomic mass is 9.97. The molecule has 0 fully saturated rings. The van der Waals surface area contributed by atoms with Crippen LogP contribution in [0, 0.1) is 5.82 Å².